The Morgan fingerprint density at radius 3 is 1.85 bits per heavy atom. The molecule has 0 aromatic carbocycles. The monoisotopic (exact) mass is 204 g/mol. The second-order valence-corrected chi connectivity index (χ2v) is 6.51. The molecule has 0 saturated heterocycles. The fourth-order valence-electron chi connectivity index (χ4n) is 1.82. The van der Waals surface area contributed by atoms with E-state index in [1.165, 1.54) is 6.42 Å². The Morgan fingerprint density at radius 2 is 1.54 bits per heavy atom. The second-order valence-electron chi connectivity index (χ2n) is 5.49. The molecule has 0 heterocycles. The third-order valence-electron chi connectivity index (χ3n) is 2.75. The molecule has 0 bridgehead atoms. The molecular weight excluding hydrogens is 180 g/mol. The van der Waals surface area contributed by atoms with Crippen molar-refractivity contribution in [3.05, 3.63) is 0 Å². The van der Waals surface area contributed by atoms with Crippen molar-refractivity contribution in [2.45, 2.75) is 59.3 Å². The molecule has 2 atom stereocenters. The molecule has 0 aliphatic carbocycles. The zero-order valence-corrected chi connectivity index (χ0v) is 10.8. The minimum absolute atomic E-state index is 0.0316. The number of hydrogen-bond donors (Lipinski definition) is 0. The van der Waals surface area contributed by atoms with Crippen LogP contribution in [-0.4, -0.2) is 4.87 Å². The molecule has 0 radical (unpaired) electrons. The molecular formula is C12H25Cl. The Morgan fingerprint density at radius 1 is 1.08 bits per heavy atom. The lowest BCUT2D eigenvalue weighted by molar-refractivity contribution is 0.307. The Labute approximate surface area is 89.1 Å². The van der Waals surface area contributed by atoms with E-state index in [0.29, 0.717) is 0 Å². The van der Waals surface area contributed by atoms with E-state index < -0.39 is 0 Å². The van der Waals surface area contributed by atoms with Crippen molar-refractivity contribution in [1.29, 1.82) is 0 Å². The summed E-state index contributed by atoms with van der Waals surface area (Å²) in [5, 5.41) is 0. The van der Waals surface area contributed by atoms with Crippen LogP contribution in [0, 0.1) is 17.8 Å². The first-order valence-corrected chi connectivity index (χ1v) is 5.79. The van der Waals surface area contributed by atoms with Crippen LogP contribution in [0.15, 0.2) is 0 Å². The van der Waals surface area contributed by atoms with E-state index in [1.807, 2.05) is 0 Å². The molecule has 1 heteroatoms. The largest absolute Gasteiger partial charge is 0.120 e. The van der Waals surface area contributed by atoms with Gasteiger partial charge in [-0.05, 0) is 44.4 Å². The van der Waals surface area contributed by atoms with Gasteiger partial charge in [-0.1, -0.05) is 27.7 Å². The number of hydrogen-bond acceptors (Lipinski definition) is 0. The van der Waals surface area contributed by atoms with Crippen molar-refractivity contribution in [1.82, 2.24) is 0 Å². The van der Waals surface area contributed by atoms with Gasteiger partial charge in [-0.25, -0.2) is 0 Å². The smallest absolute Gasteiger partial charge is 0.0393 e. The van der Waals surface area contributed by atoms with Crippen LogP contribution in [0.2, 0.25) is 0 Å². The van der Waals surface area contributed by atoms with Gasteiger partial charge >= 0.3 is 0 Å². The van der Waals surface area contributed by atoms with Gasteiger partial charge in [-0.2, -0.15) is 0 Å². The standard InChI is InChI=1S/C12H25Cl/c1-9(2)11(4)7-10(3)8-12(5,6)13/h9-11H,7-8H2,1-6H3. The van der Waals surface area contributed by atoms with Crippen LogP contribution < -0.4 is 0 Å². The zero-order valence-electron chi connectivity index (χ0n) is 10.0. The van der Waals surface area contributed by atoms with Gasteiger partial charge in [-0.15, -0.1) is 11.6 Å². The third kappa shape index (κ3) is 7.37. The van der Waals surface area contributed by atoms with Crippen LogP contribution in [0.5, 0.6) is 0 Å². The van der Waals surface area contributed by atoms with Gasteiger partial charge in [0.05, 0.1) is 0 Å². The first-order chi connectivity index (χ1) is 5.72. The highest BCUT2D eigenvalue weighted by Gasteiger charge is 2.20. The lowest BCUT2D eigenvalue weighted by Crippen LogP contribution is -2.18. The van der Waals surface area contributed by atoms with E-state index in [-0.39, 0.29) is 4.87 Å². The summed E-state index contributed by atoms with van der Waals surface area (Å²) in [6.07, 6.45) is 2.42. The molecule has 0 aromatic heterocycles. The molecule has 0 aliphatic heterocycles. The molecule has 0 rings (SSSR count). The maximum atomic E-state index is 6.19. The molecule has 0 spiro atoms. The van der Waals surface area contributed by atoms with Gasteiger partial charge in [-0.3, -0.25) is 0 Å². The molecule has 80 valence electrons. The summed E-state index contributed by atoms with van der Waals surface area (Å²) in [6.45, 7) is 13.4. The molecule has 0 amide bonds. The fourth-order valence-corrected chi connectivity index (χ4v) is 2.08. The van der Waals surface area contributed by atoms with Crippen LogP contribution in [0.25, 0.3) is 0 Å². The maximum Gasteiger partial charge on any atom is 0.0393 e. The predicted molar refractivity (Wildman–Crippen MR) is 62.3 cm³/mol. The molecule has 0 saturated carbocycles. The first-order valence-electron chi connectivity index (χ1n) is 5.41. The zero-order chi connectivity index (χ0) is 10.6. The summed E-state index contributed by atoms with van der Waals surface area (Å²) in [7, 11) is 0. The molecule has 2 unspecified atom stereocenters. The van der Waals surface area contributed by atoms with Crippen LogP contribution in [0.1, 0.15) is 54.4 Å². The highest BCUT2D eigenvalue weighted by atomic mass is 35.5. The van der Waals surface area contributed by atoms with Gasteiger partial charge in [0.1, 0.15) is 0 Å². The van der Waals surface area contributed by atoms with E-state index in [2.05, 4.69) is 41.5 Å². The summed E-state index contributed by atoms with van der Waals surface area (Å²) in [4.78, 5) is -0.0316. The maximum absolute atomic E-state index is 6.19. The Kier molecular flexibility index (Phi) is 5.36. The van der Waals surface area contributed by atoms with Crippen molar-refractivity contribution in [3.63, 3.8) is 0 Å². The van der Waals surface area contributed by atoms with E-state index in [9.17, 15) is 0 Å². The van der Waals surface area contributed by atoms with Crippen LogP contribution in [0.3, 0.4) is 0 Å². The SMILES string of the molecule is CC(CC(C)C(C)C)CC(C)(C)Cl. The van der Waals surface area contributed by atoms with Crippen molar-refractivity contribution in [2.24, 2.45) is 17.8 Å². The topological polar surface area (TPSA) is 0 Å². The predicted octanol–water partition coefficient (Wildman–Crippen LogP) is 4.71. The highest BCUT2D eigenvalue weighted by Crippen LogP contribution is 2.28. The van der Waals surface area contributed by atoms with E-state index in [0.717, 1.165) is 24.2 Å². The van der Waals surface area contributed by atoms with Crippen molar-refractivity contribution in [2.75, 3.05) is 0 Å². The van der Waals surface area contributed by atoms with E-state index in [4.69, 9.17) is 11.6 Å². The Hall–Kier alpha value is 0.290. The van der Waals surface area contributed by atoms with Crippen LogP contribution in [0.4, 0.5) is 0 Å². The molecule has 0 aromatic rings. The summed E-state index contributed by atoms with van der Waals surface area (Å²) >= 11 is 6.19. The van der Waals surface area contributed by atoms with Crippen molar-refractivity contribution in [3.8, 4) is 0 Å². The minimum atomic E-state index is -0.0316. The Balaban J connectivity index is 3.81. The van der Waals surface area contributed by atoms with Gasteiger partial charge in [0, 0.05) is 4.87 Å². The molecule has 13 heavy (non-hydrogen) atoms. The van der Waals surface area contributed by atoms with E-state index >= 15 is 0 Å². The minimum Gasteiger partial charge on any atom is -0.120 e. The number of alkyl halides is 1. The lowest BCUT2D eigenvalue weighted by atomic mass is 9.85. The summed E-state index contributed by atoms with van der Waals surface area (Å²) < 4.78 is 0. The average Bonchev–Trinajstić information content (AvgIpc) is 1.81. The van der Waals surface area contributed by atoms with E-state index in [1.54, 1.807) is 0 Å². The van der Waals surface area contributed by atoms with Crippen LogP contribution in [-0.2, 0) is 0 Å². The van der Waals surface area contributed by atoms with Crippen LogP contribution >= 0.6 is 11.6 Å². The number of rotatable bonds is 5. The molecule has 0 N–H and O–H groups in total. The summed E-state index contributed by atoms with van der Waals surface area (Å²) in [6, 6.07) is 0. The normalized spacial score (nSPS) is 17.5. The number of halogens is 1. The highest BCUT2D eigenvalue weighted by molar-refractivity contribution is 6.23. The quantitative estimate of drug-likeness (QED) is 0.569. The molecule has 0 aliphatic rings. The van der Waals surface area contributed by atoms with Gasteiger partial charge in [0.25, 0.3) is 0 Å². The summed E-state index contributed by atoms with van der Waals surface area (Å²) in [5.41, 5.74) is 0. The van der Waals surface area contributed by atoms with Crippen molar-refractivity contribution < 1.29 is 0 Å². The van der Waals surface area contributed by atoms with Gasteiger partial charge in [0.2, 0.25) is 0 Å². The van der Waals surface area contributed by atoms with Crippen molar-refractivity contribution >= 4 is 11.6 Å². The molecule has 0 fully saturated rings. The Bertz CT molecular complexity index is 133. The summed E-state index contributed by atoms with van der Waals surface area (Å²) in [5.74, 6) is 2.35. The fraction of sp³-hybridized carbons (Fsp3) is 1.00. The lowest BCUT2D eigenvalue weighted by Gasteiger charge is -2.25. The third-order valence-corrected chi connectivity index (χ3v) is 2.90. The average molecular weight is 205 g/mol. The first kappa shape index (κ1) is 13.3. The molecule has 0 nitrogen and oxygen atoms in total. The van der Waals surface area contributed by atoms with Gasteiger partial charge < -0.3 is 0 Å². The van der Waals surface area contributed by atoms with Gasteiger partial charge in [0.15, 0.2) is 0 Å². The second kappa shape index (κ2) is 5.24.